The van der Waals surface area contributed by atoms with E-state index in [1.807, 2.05) is 32.0 Å². The number of carbonyl (C=O) groups excluding carboxylic acids is 2. The molecule has 0 radical (unpaired) electrons. The molecule has 0 aliphatic carbocycles. The van der Waals surface area contributed by atoms with Crippen molar-refractivity contribution in [2.45, 2.75) is 117 Å². The van der Waals surface area contributed by atoms with E-state index in [4.69, 9.17) is 9.47 Å². The number of benzene rings is 1. The van der Waals surface area contributed by atoms with Crippen molar-refractivity contribution < 1.29 is 19.1 Å². The van der Waals surface area contributed by atoms with Crippen LogP contribution in [0.4, 0.5) is 0 Å². The van der Waals surface area contributed by atoms with Crippen molar-refractivity contribution in [1.29, 1.82) is 0 Å². The first-order valence-corrected chi connectivity index (χ1v) is 12.5. The van der Waals surface area contributed by atoms with Gasteiger partial charge in [0.15, 0.2) is 0 Å². The highest BCUT2D eigenvalue weighted by Crippen LogP contribution is 2.17. The highest BCUT2D eigenvalue weighted by molar-refractivity contribution is 5.72. The molecule has 1 rings (SSSR count). The van der Waals surface area contributed by atoms with Gasteiger partial charge >= 0.3 is 11.9 Å². The van der Waals surface area contributed by atoms with Gasteiger partial charge in [0.25, 0.3) is 0 Å². The third-order valence-corrected chi connectivity index (χ3v) is 5.73. The molecule has 0 atom stereocenters. The molecular formula is C27H44O4. The summed E-state index contributed by atoms with van der Waals surface area (Å²) in [7, 11) is 0. The number of hydrogen-bond acceptors (Lipinski definition) is 4. The summed E-state index contributed by atoms with van der Waals surface area (Å²) in [6.07, 6.45) is 15.6. The van der Waals surface area contributed by atoms with Crippen molar-refractivity contribution in [2.75, 3.05) is 6.61 Å². The van der Waals surface area contributed by atoms with Crippen LogP contribution in [0.15, 0.2) is 18.2 Å². The molecular weight excluding hydrogens is 388 g/mol. The van der Waals surface area contributed by atoms with Gasteiger partial charge in [0.1, 0.15) is 5.75 Å². The smallest absolute Gasteiger partial charge is 0.311 e. The quantitative estimate of drug-likeness (QED) is 0.136. The monoisotopic (exact) mass is 432 g/mol. The molecule has 4 nitrogen and oxygen atoms in total. The van der Waals surface area contributed by atoms with Gasteiger partial charge in [0.05, 0.1) is 6.61 Å². The van der Waals surface area contributed by atoms with Gasteiger partial charge in [-0.1, -0.05) is 77.2 Å². The molecule has 31 heavy (non-hydrogen) atoms. The van der Waals surface area contributed by atoms with Crippen LogP contribution in [0.2, 0.25) is 0 Å². The van der Waals surface area contributed by atoms with E-state index in [9.17, 15) is 9.59 Å². The summed E-state index contributed by atoms with van der Waals surface area (Å²) in [5, 5.41) is 0. The number of carbonyl (C=O) groups is 2. The van der Waals surface area contributed by atoms with Crippen LogP contribution >= 0.6 is 0 Å². The Kier molecular flexibility index (Phi) is 15.6. The lowest BCUT2D eigenvalue weighted by Gasteiger charge is -2.07. The standard InChI is InChI=1S/C27H44O4/c1-4-5-6-7-10-13-16-21-30-26(28)17-14-11-8-9-12-15-18-27(29)31-25-20-19-23(2)24(3)22-25/h19-20,22H,4-18,21H2,1-3H3. The molecule has 0 unspecified atom stereocenters. The SMILES string of the molecule is CCCCCCCCCOC(=O)CCCCCCCCC(=O)Oc1ccc(C)c(C)c1. The first kappa shape index (κ1) is 27.2. The second kappa shape index (κ2) is 17.8. The van der Waals surface area contributed by atoms with Crippen LogP contribution in [0.3, 0.4) is 0 Å². The van der Waals surface area contributed by atoms with Crippen molar-refractivity contribution in [3.8, 4) is 5.75 Å². The minimum absolute atomic E-state index is 0.0555. The van der Waals surface area contributed by atoms with Gasteiger partial charge in [0, 0.05) is 12.8 Å². The molecule has 0 saturated heterocycles. The second-order valence-corrected chi connectivity index (χ2v) is 8.68. The molecule has 0 aromatic heterocycles. The number of esters is 2. The lowest BCUT2D eigenvalue weighted by atomic mass is 10.1. The minimum atomic E-state index is -0.160. The molecule has 0 amide bonds. The molecule has 0 bridgehead atoms. The topological polar surface area (TPSA) is 52.6 Å². The van der Waals surface area contributed by atoms with Crippen LogP contribution in [0.5, 0.6) is 5.75 Å². The van der Waals surface area contributed by atoms with Gasteiger partial charge in [-0.15, -0.1) is 0 Å². The van der Waals surface area contributed by atoms with Gasteiger partial charge < -0.3 is 9.47 Å². The summed E-state index contributed by atoms with van der Waals surface area (Å²) in [6.45, 7) is 6.86. The Labute approximate surface area is 190 Å². The van der Waals surface area contributed by atoms with E-state index >= 15 is 0 Å². The second-order valence-electron chi connectivity index (χ2n) is 8.68. The third-order valence-electron chi connectivity index (χ3n) is 5.73. The Morgan fingerprint density at radius 2 is 1.23 bits per heavy atom. The van der Waals surface area contributed by atoms with Crippen molar-refractivity contribution in [3.05, 3.63) is 29.3 Å². The van der Waals surface area contributed by atoms with Crippen LogP contribution in [0, 0.1) is 13.8 Å². The highest BCUT2D eigenvalue weighted by atomic mass is 16.5. The van der Waals surface area contributed by atoms with Gasteiger partial charge in [-0.05, 0) is 56.4 Å². The number of rotatable bonds is 18. The van der Waals surface area contributed by atoms with Gasteiger partial charge in [-0.3, -0.25) is 9.59 Å². The lowest BCUT2D eigenvalue weighted by Crippen LogP contribution is -2.07. The van der Waals surface area contributed by atoms with Crippen molar-refractivity contribution >= 4 is 11.9 Å². The molecule has 1 aromatic carbocycles. The van der Waals surface area contributed by atoms with E-state index in [1.165, 1.54) is 37.7 Å². The van der Waals surface area contributed by atoms with Crippen molar-refractivity contribution in [3.63, 3.8) is 0 Å². The number of hydrogen-bond donors (Lipinski definition) is 0. The minimum Gasteiger partial charge on any atom is -0.466 e. The fourth-order valence-corrected chi connectivity index (χ4v) is 3.52. The van der Waals surface area contributed by atoms with Crippen molar-refractivity contribution in [1.82, 2.24) is 0 Å². The summed E-state index contributed by atoms with van der Waals surface area (Å²) in [4.78, 5) is 23.7. The van der Waals surface area contributed by atoms with E-state index in [-0.39, 0.29) is 11.9 Å². The molecule has 0 aliphatic rings. The Hall–Kier alpha value is -1.84. The Morgan fingerprint density at radius 3 is 1.84 bits per heavy atom. The third kappa shape index (κ3) is 14.7. The number of ether oxygens (including phenoxy) is 2. The normalized spacial score (nSPS) is 10.8. The van der Waals surface area contributed by atoms with E-state index in [2.05, 4.69) is 6.92 Å². The summed E-state index contributed by atoms with van der Waals surface area (Å²) in [6, 6.07) is 5.73. The summed E-state index contributed by atoms with van der Waals surface area (Å²) in [5.41, 5.74) is 2.33. The Bertz CT molecular complexity index is 624. The molecule has 0 heterocycles. The summed E-state index contributed by atoms with van der Waals surface area (Å²) < 4.78 is 10.7. The predicted octanol–water partition coefficient (Wildman–Crippen LogP) is 7.62. The maximum Gasteiger partial charge on any atom is 0.311 e. The molecule has 0 fully saturated rings. The first-order chi connectivity index (χ1) is 15.0. The summed E-state index contributed by atoms with van der Waals surface area (Å²) >= 11 is 0. The van der Waals surface area contributed by atoms with E-state index in [0.29, 0.717) is 25.2 Å². The number of aryl methyl sites for hydroxylation is 2. The fourth-order valence-electron chi connectivity index (χ4n) is 3.52. The zero-order valence-electron chi connectivity index (χ0n) is 20.2. The van der Waals surface area contributed by atoms with Gasteiger partial charge in [-0.2, -0.15) is 0 Å². The molecule has 176 valence electrons. The maximum absolute atomic E-state index is 11.9. The molecule has 0 N–H and O–H groups in total. The maximum atomic E-state index is 11.9. The zero-order chi connectivity index (χ0) is 22.7. The zero-order valence-corrected chi connectivity index (χ0v) is 20.2. The molecule has 0 aliphatic heterocycles. The van der Waals surface area contributed by atoms with E-state index in [0.717, 1.165) is 56.9 Å². The van der Waals surface area contributed by atoms with E-state index in [1.54, 1.807) is 0 Å². The Balaban J connectivity index is 1.89. The van der Waals surface area contributed by atoms with Crippen LogP contribution < -0.4 is 4.74 Å². The average molecular weight is 433 g/mol. The van der Waals surface area contributed by atoms with E-state index < -0.39 is 0 Å². The number of unbranched alkanes of at least 4 members (excludes halogenated alkanes) is 11. The summed E-state index contributed by atoms with van der Waals surface area (Å²) in [5.74, 6) is 0.416. The van der Waals surface area contributed by atoms with Crippen molar-refractivity contribution in [2.24, 2.45) is 0 Å². The lowest BCUT2D eigenvalue weighted by molar-refractivity contribution is -0.144. The molecule has 0 spiro atoms. The fraction of sp³-hybridized carbons (Fsp3) is 0.704. The van der Waals surface area contributed by atoms with Crippen LogP contribution in [0.1, 0.15) is 114 Å². The van der Waals surface area contributed by atoms with Gasteiger partial charge in [-0.25, -0.2) is 0 Å². The molecule has 0 saturated carbocycles. The largest absolute Gasteiger partial charge is 0.466 e. The first-order valence-electron chi connectivity index (χ1n) is 12.5. The molecule has 1 aromatic rings. The highest BCUT2D eigenvalue weighted by Gasteiger charge is 2.06. The molecule has 4 heteroatoms. The van der Waals surface area contributed by atoms with Gasteiger partial charge in [0.2, 0.25) is 0 Å². The van der Waals surface area contributed by atoms with Crippen LogP contribution in [0.25, 0.3) is 0 Å². The Morgan fingerprint density at radius 1 is 0.677 bits per heavy atom. The predicted molar refractivity (Wildman–Crippen MR) is 127 cm³/mol. The average Bonchev–Trinajstić information content (AvgIpc) is 2.74. The van der Waals surface area contributed by atoms with Crippen LogP contribution in [-0.2, 0) is 14.3 Å². The van der Waals surface area contributed by atoms with Crippen LogP contribution in [-0.4, -0.2) is 18.5 Å².